The Hall–Kier alpha value is -2.63. The van der Waals surface area contributed by atoms with Crippen LogP contribution in [0.15, 0.2) is 48.6 Å². The van der Waals surface area contributed by atoms with E-state index >= 15 is 0 Å². The van der Waals surface area contributed by atoms with Crippen molar-refractivity contribution < 1.29 is 28.6 Å². The highest BCUT2D eigenvalue weighted by molar-refractivity contribution is 5.71. The summed E-state index contributed by atoms with van der Waals surface area (Å²) in [4.78, 5) is 38.1. The van der Waals surface area contributed by atoms with Crippen molar-refractivity contribution in [3.05, 3.63) is 48.6 Å². The lowest BCUT2D eigenvalue weighted by molar-refractivity contribution is -0.167. The average molecular weight is 968 g/mol. The van der Waals surface area contributed by atoms with Gasteiger partial charge in [-0.15, -0.1) is 0 Å². The van der Waals surface area contributed by atoms with Crippen LogP contribution >= 0.6 is 0 Å². The summed E-state index contributed by atoms with van der Waals surface area (Å²) in [7, 11) is 0. The molecule has 0 radical (unpaired) electrons. The molecule has 402 valence electrons. The van der Waals surface area contributed by atoms with Crippen molar-refractivity contribution in [1.29, 1.82) is 0 Å². The monoisotopic (exact) mass is 967 g/mol. The van der Waals surface area contributed by atoms with Gasteiger partial charge in [0.15, 0.2) is 6.10 Å². The van der Waals surface area contributed by atoms with Crippen LogP contribution in [0.25, 0.3) is 0 Å². The van der Waals surface area contributed by atoms with Crippen molar-refractivity contribution in [3.8, 4) is 0 Å². The zero-order chi connectivity index (χ0) is 50.0. The van der Waals surface area contributed by atoms with E-state index in [1.54, 1.807) is 0 Å². The zero-order valence-corrected chi connectivity index (χ0v) is 46.1. The molecule has 0 aliphatic heterocycles. The molecule has 0 aromatic carbocycles. The van der Waals surface area contributed by atoms with Gasteiger partial charge >= 0.3 is 17.9 Å². The summed E-state index contributed by atoms with van der Waals surface area (Å²) in [5.41, 5.74) is 0. The van der Waals surface area contributed by atoms with Crippen molar-refractivity contribution in [2.45, 2.75) is 322 Å². The Labute approximate surface area is 428 Å². The largest absolute Gasteiger partial charge is 0.462 e. The molecule has 0 aliphatic carbocycles. The highest BCUT2D eigenvalue weighted by atomic mass is 16.6. The highest BCUT2D eigenvalue weighted by Crippen LogP contribution is 2.17. The van der Waals surface area contributed by atoms with Crippen LogP contribution in [0, 0.1) is 0 Å². The van der Waals surface area contributed by atoms with E-state index in [9.17, 15) is 14.4 Å². The molecule has 1 atom stereocenters. The molecule has 0 aromatic rings. The number of carbonyl (C=O) groups is 3. The summed E-state index contributed by atoms with van der Waals surface area (Å²) in [6.07, 6.45) is 71.2. The van der Waals surface area contributed by atoms with Gasteiger partial charge in [0.25, 0.3) is 0 Å². The number of unbranched alkanes of at least 4 members (excludes halogenated alkanes) is 36. The smallest absolute Gasteiger partial charge is 0.306 e. The van der Waals surface area contributed by atoms with Crippen molar-refractivity contribution in [1.82, 2.24) is 0 Å². The second kappa shape index (κ2) is 57.9. The molecule has 0 heterocycles. The molecule has 69 heavy (non-hydrogen) atoms. The molecule has 0 amide bonds. The van der Waals surface area contributed by atoms with E-state index in [2.05, 4.69) is 69.4 Å². The zero-order valence-electron chi connectivity index (χ0n) is 46.1. The Morgan fingerprint density at radius 2 is 0.565 bits per heavy atom. The van der Waals surface area contributed by atoms with E-state index < -0.39 is 6.10 Å². The van der Waals surface area contributed by atoms with Gasteiger partial charge in [0.05, 0.1) is 0 Å². The summed E-state index contributed by atoms with van der Waals surface area (Å²) in [5.74, 6) is -0.880. The fourth-order valence-electron chi connectivity index (χ4n) is 8.81. The molecule has 0 bridgehead atoms. The first kappa shape index (κ1) is 66.4. The maximum absolute atomic E-state index is 12.8. The molecular formula is C63H114O6. The van der Waals surface area contributed by atoms with Crippen molar-refractivity contribution >= 4 is 17.9 Å². The maximum Gasteiger partial charge on any atom is 0.306 e. The minimum Gasteiger partial charge on any atom is -0.462 e. The Kier molecular flexibility index (Phi) is 55.7. The Morgan fingerprint density at radius 3 is 0.899 bits per heavy atom. The first-order chi connectivity index (χ1) is 34.0. The lowest BCUT2D eigenvalue weighted by Gasteiger charge is -2.18. The lowest BCUT2D eigenvalue weighted by atomic mass is 10.0. The van der Waals surface area contributed by atoms with Crippen LogP contribution in [0.4, 0.5) is 0 Å². The molecule has 0 rings (SSSR count). The molecule has 0 saturated carbocycles. The van der Waals surface area contributed by atoms with Gasteiger partial charge < -0.3 is 14.2 Å². The standard InChI is InChI=1S/C63H114O6/c1-4-7-10-13-16-19-22-24-26-27-28-29-30-31-32-33-34-35-37-38-41-44-47-50-53-56-62(65)68-59-60(58-67-61(64)55-52-49-46-43-40-21-18-15-12-9-6-3)69-63(66)57-54-51-48-45-42-39-36-25-23-20-17-14-11-8-5-2/h8,11,17,20,25,27-28,36,60H,4-7,9-10,12-16,18-19,21-24,26,29-35,37-59H2,1-3H3/b11-8-,20-17-,28-27-,36-25-. The first-order valence-electron chi connectivity index (χ1n) is 30.1. The van der Waals surface area contributed by atoms with E-state index in [0.29, 0.717) is 19.3 Å². The van der Waals surface area contributed by atoms with Crippen LogP contribution < -0.4 is 0 Å². The third-order valence-corrected chi connectivity index (χ3v) is 13.3. The summed E-state index contributed by atoms with van der Waals surface area (Å²) >= 11 is 0. The van der Waals surface area contributed by atoms with Crippen LogP contribution in [-0.2, 0) is 28.6 Å². The molecule has 0 N–H and O–H groups in total. The number of allylic oxidation sites excluding steroid dienone is 8. The molecule has 1 unspecified atom stereocenters. The molecule has 0 fully saturated rings. The third-order valence-electron chi connectivity index (χ3n) is 13.3. The lowest BCUT2D eigenvalue weighted by Crippen LogP contribution is -2.30. The van der Waals surface area contributed by atoms with Gasteiger partial charge in [-0.05, 0) is 77.0 Å². The van der Waals surface area contributed by atoms with E-state index in [4.69, 9.17) is 14.2 Å². The van der Waals surface area contributed by atoms with Gasteiger partial charge in [-0.25, -0.2) is 0 Å². The number of esters is 3. The number of hydrogen-bond donors (Lipinski definition) is 0. The van der Waals surface area contributed by atoms with E-state index in [-0.39, 0.29) is 31.1 Å². The van der Waals surface area contributed by atoms with Crippen molar-refractivity contribution in [2.75, 3.05) is 13.2 Å². The average Bonchev–Trinajstić information content (AvgIpc) is 3.35. The summed E-state index contributed by atoms with van der Waals surface area (Å²) in [6.45, 7) is 6.54. The van der Waals surface area contributed by atoms with Gasteiger partial charge in [-0.2, -0.15) is 0 Å². The van der Waals surface area contributed by atoms with Gasteiger partial charge in [-0.1, -0.05) is 268 Å². The highest BCUT2D eigenvalue weighted by Gasteiger charge is 2.19. The van der Waals surface area contributed by atoms with E-state index in [0.717, 1.165) is 96.3 Å². The Bertz CT molecular complexity index is 1200. The van der Waals surface area contributed by atoms with E-state index in [1.807, 2.05) is 0 Å². The third kappa shape index (κ3) is 56.2. The van der Waals surface area contributed by atoms with Crippen molar-refractivity contribution in [2.24, 2.45) is 0 Å². The van der Waals surface area contributed by atoms with Crippen molar-refractivity contribution in [3.63, 3.8) is 0 Å². The Morgan fingerprint density at radius 1 is 0.304 bits per heavy atom. The normalized spacial score (nSPS) is 12.3. The second-order valence-electron chi connectivity index (χ2n) is 20.2. The molecule has 0 aromatic heterocycles. The molecule has 6 nitrogen and oxygen atoms in total. The number of carbonyl (C=O) groups excluding carboxylic acids is 3. The Balaban J connectivity index is 4.22. The SMILES string of the molecule is CC/C=C\C/C=C\C/C=C\CCCCCCCC(=O)OC(COC(=O)CCCCCCCCCCCCC)COC(=O)CCCCCCCCCCCCCCC/C=C\CCCCCCCCCC. The minimum atomic E-state index is -0.779. The van der Waals surface area contributed by atoms with Crippen LogP contribution in [0.3, 0.4) is 0 Å². The van der Waals surface area contributed by atoms with Crippen LogP contribution in [-0.4, -0.2) is 37.2 Å². The molecule has 0 spiro atoms. The number of rotatable bonds is 55. The van der Waals surface area contributed by atoms with Gasteiger partial charge in [-0.3, -0.25) is 14.4 Å². The number of hydrogen-bond acceptors (Lipinski definition) is 6. The van der Waals surface area contributed by atoms with Crippen LogP contribution in [0.5, 0.6) is 0 Å². The fourth-order valence-corrected chi connectivity index (χ4v) is 8.81. The molecular weight excluding hydrogens is 853 g/mol. The van der Waals surface area contributed by atoms with E-state index in [1.165, 1.54) is 180 Å². The van der Waals surface area contributed by atoms with Gasteiger partial charge in [0, 0.05) is 19.3 Å². The second-order valence-corrected chi connectivity index (χ2v) is 20.2. The minimum absolute atomic E-state index is 0.0770. The van der Waals surface area contributed by atoms with Crippen LogP contribution in [0.1, 0.15) is 316 Å². The fraction of sp³-hybridized carbons (Fsp3) is 0.825. The predicted molar refractivity (Wildman–Crippen MR) is 298 cm³/mol. The van der Waals surface area contributed by atoms with Crippen LogP contribution in [0.2, 0.25) is 0 Å². The first-order valence-corrected chi connectivity index (χ1v) is 30.1. The predicted octanol–water partition coefficient (Wildman–Crippen LogP) is 20.2. The molecule has 6 heteroatoms. The van der Waals surface area contributed by atoms with Gasteiger partial charge in [0.1, 0.15) is 13.2 Å². The summed E-state index contributed by atoms with van der Waals surface area (Å²) in [5, 5.41) is 0. The quantitative estimate of drug-likeness (QED) is 0.0262. The summed E-state index contributed by atoms with van der Waals surface area (Å²) in [6, 6.07) is 0. The summed E-state index contributed by atoms with van der Waals surface area (Å²) < 4.78 is 16.9. The molecule has 0 saturated heterocycles. The molecule has 0 aliphatic rings. The van der Waals surface area contributed by atoms with Gasteiger partial charge in [0.2, 0.25) is 0 Å². The maximum atomic E-state index is 12.8. The topological polar surface area (TPSA) is 78.9 Å². The number of ether oxygens (including phenoxy) is 3.